The number of terminal acetylenes is 1. The molecular formula is C16H17ClN2O2S. The Labute approximate surface area is 138 Å². The fraction of sp³-hybridized carbons (Fsp3) is 0.375. The number of aryl methyl sites for hydroxylation is 1. The molecule has 1 aromatic heterocycles. The topological polar surface area (TPSA) is 44.1 Å². The lowest BCUT2D eigenvalue weighted by atomic mass is 9.98. The highest BCUT2D eigenvalue weighted by molar-refractivity contribution is 7.09. The van der Waals surface area contributed by atoms with Crippen LogP contribution >= 0.6 is 22.9 Å². The first-order valence-electron chi connectivity index (χ1n) is 6.71. The molecule has 0 atom stereocenters. The molecule has 0 spiro atoms. The molecule has 4 nitrogen and oxygen atoms in total. The molecule has 0 aliphatic carbocycles. The molecule has 0 aliphatic heterocycles. The molecule has 0 N–H and O–H groups in total. The van der Waals surface area contributed by atoms with E-state index >= 15 is 0 Å². The van der Waals surface area contributed by atoms with Crippen LogP contribution in [-0.4, -0.2) is 16.4 Å². The lowest BCUT2D eigenvalue weighted by Crippen LogP contribution is -2.15. The smallest absolute Gasteiger partial charge is 0.329 e. The Hall–Kier alpha value is -1.77. The zero-order chi connectivity index (χ0) is 16.5. The van der Waals surface area contributed by atoms with Gasteiger partial charge in [0.1, 0.15) is 17.4 Å². The van der Waals surface area contributed by atoms with Gasteiger partial charge >= 0.3 is 4.87 Å². The number of benzene rings is 1. The van der Waals surface area contributed by atoms with Crippen LogP contribution in [0.3, 0.4) is 0 Å². The fourth-order valence-corrected chi connectivity index (χ4v) is 2.93. The van der Waals surface area contributed by atoms with Gasteiger partial charge in [-0.3, -0.25) is 4.79 Å². The summed E-state index contributed by atoms with van der Waals surface area (Å²) in [5, 5.41) is 5.68. The zero-order valence-corrected chi connectivity index (χ0v) is 14.5. The third-order valence-electron chi connectivity index (χ3n) is 2.98. The van der Waals surface area contributed by atoms with Crippen molar-refractivity contribution in [3.05, 3.63) is 37.4 Å². The van der Waals surface area contributed by atoms with Crippen molar-refractivity contribution in [1.29, 1.82) is 0 Å². The summed E-state index contributed by atoms with van der Waals surface area (Å²) in [6, 6.07) is 3.44. The molecule has 2 aromatic rings. The fourth-order valence-electron chi connectivity index (χ4n) is 1.83. The molecule has 6 heteroatoms. The second-order valence-electron chi connectivity index (χ2n) is 5.90. The SMILES string of the molecule is C#CCOc1cc(-n2nc(C(C)(C)C)sc2=O)c(C)cc1Cl. The molecule has 22 heavy (non-hydrogen) atoms. The number of hydrogen-bond acceptors (Lipinski definition) is 4. The predicted molar refractivity (Wildman–Crippen MR) is 90.5 cm³/mol. The first-order valence-corrected chi connectivity index (χ1v) is 7.91. The number of aromatic nitrogens is 2. The molecule has 0 unspecified atom stereocenters. The monoisotopic (exact) mass is 336 g/mol. The minimum absolute atomic E-state index is 0.113. The molecule has 0 aliphatic rings. The van der Waals surface area contributed by atoms with Crippen molar-refractivity contribution >= 4 is 22.9 Å². The van der Waals surface area contributed by atoms with E-state index in [0.717, 1.165) is 21.9 Å². The summed E-state index contributed by atoms with van der Waals surface area (Å²) in [6.45, 7) is 8.04. The van der Waals surface area contributed by atoms with Crippen molar-refractivity contribution < 1.29 is 4.74 Å². The van der Waals surface area contributed by atoms with Crippen molar-refractivity contribution in [2.24, 2.45) is 0 Å². The molecule has 0 saturated heterocycles. The van der Waals surface area contributed by atoms with Crippen molar-refractivity contribution in [2.75, 3.05) is 6.61 Å². The van der Waals surface area contributed by atoms with E-state index in [-0.39, 0.29) is 16.9 Å². The van der Waals surface area contributed by atoms with Gasteiger partial charge in [-0.2, -0.15) is 9.78 Å². The van der Waals surface area contributed by atoms with Crippen LogP contribution in [0.25, 0.3) is 5.69 Å². The van der Waals surface area contributed by atoms with Crippen LogP contribution in [0.1, 0.15) is 31.3 Å². The van der Waals surface area contributed by atoms with Crippen LogP contribution < -0.4 is 9.61 Å². The van der Waals surface area contributed by atoms with Crippen LogP contribution in [-0.2, 0) is 5.41 Å². The normalized spacial score (nSPS) is 11.3. The first-order chi connectivity index (χ1) is 10.2. The van der Waals surface area contributed by atoms with Gasteiger partial charge in [0.15, 0.2) is 0 Å². The van der Waals surface area contributed by atoms with Gasteiger partial charge in [-0.25, -0.2) is 0 Å². The van der Waals surface area contributed by atoms with E-state index in [1.165, 1.54) is 4.68 Å². The molecule has 1 aromatic carbocycles. The lowest BCUT2D eigenvalue weighted by Gasteiger charge is -2.13. The molecule has 0 bridgehead atoms. The average Bonchev–Trinajstić information content (AvgIpc) is 2.80. The van der Waals surface area contributed by atoms with Crippen LogP contribution in [0.5, 0.6) is 5.75 Å². The van der Waals surface area contributed by atoms with Crippen LogP contribution in [0.2, 0.25) is 5.02 Å². The number of ether oxygens (including phenoxy) is 1. The van der Waals surface area contributed by atoms with Crippen molar-refractivity contribution in [3.63, 3.8) is 0 Å². The number of rotatable bonds is 3. The average molecular weight is 337 g/mol. The summed E-state index contributed by atoms with van der Waals surface area (Å²) in [5.41, 5.74) is 1.30. The van der Waals surface area contributed by atoms with Crippen molar-refractivity contribution in [1.82, 2.24) is 9.78 Å². The molecule has 2 rings (SSSR count). The minimum atomic E-state index is -0.182. The van der Waals surface area contributed by atoms with Gasteiger partial charge in [0.2, 0.25) is 0 Å². The third kappa shape index (κ3) is 3.34. The summed E-state index contributed by atoms with van der Waals surface area (Å²) in [7, 11) is 0. The highest BCUT2D eigenvalue weighted by atomic mass is 35.5. The van der Waals surface area contributed by atoms with E-state index < -0.39 is 0 Å². The van der Waals surface area contributed by atoms with E-state index in [1.807, 2.05) is 27.7 Å². The second-order valence-corrected chi connectivity index (χ2v) is 7.24. The maximum Gasteiger partial charge on any atom is 0.329 e. The van der Waals surface area contributed by atoms with E-state index in [1.54, 1.807) is 12.1 Å². The quantitative estimate of drug-likeness (QED) is 0.805. The highest BCUT2D eigenvalue weighted by Gasteiger charge is 2.22. The number of hydrogen-bond donors (Lipinski definition) is 0. The van der Waals surface area contributed by atoms with E-state index in [2.05, 4.69) is 11.0 Å². The van der Waals surface area contributed by atoms with E-state index in [4.69, 9.17) is 22.8 Å². The van der Waals surface area contributed by atoms with Gasteiger partial charge in [-0.05, 0) is 18.6 Å². The first kappa shape index (κ1) is 16.6. The summed E-state index contributed by atoms with van der Waals surface area (Å²) >= 11 is 7.29. The standard InChI is InChI=1S/C16H17ClN2O2S/c1-6-7-21-13-9-12(10(2)8-11(13)17)19-15(20)22-14(18-19)16(3,4)5/h1,8-9H,7H2,2-5H3. The van der Waals surface area contributed by atoms with Crippen LogP contribution in [0.15, 0.2) is 16.9 Å². The largest absolute Gasteiger partial charge is 0.479 e. The van der Waals surface area contributed by atoms with Crippen LogP contribution in [0.4, 0.5) is 0 Å². The van der Waals surface area contributed by atoms with Gasteiger partial charge < -0.3 is 4.74 Å². The molecule has 0 amide bonds. The zero-order valence-electron chi connectivity index (χ0n) is 12.9. The number of halogens is 1. The van der Waals surface area contributed by atoms with Gasteiger partial charge in [-0.1, -0.05) is 49.6 Å². The third-order valence-corrected chi connectivity index (χ3v) is 4.51. The molecule has 0 fully saturated rings. The Morgan fingerprint density at radius 1 is 1.45 bits per heavy atom. The highest BCUT2D eigenvalue weighted by Crippen LogP contribution is 2.30. The summed E-state index contributed by atoms with van der Waals surface area (Å²) in [4.78, 5) is 12.1. The lowest BCUT2D eigenvalue weighted by molar-refractivity contribution is 0.370. The summed E-state index contributed by atoms with van der Waals surface area (Å²) < 4.78 is 6.80. The van der Waals surface area contributed by atoms with E-state index in [9.17, 15) is 4.79 Å². The molecular weight excluding hydrogens is 320 g/mol. The molecule has 0 radical (unpaired) electrons. The van der Waals surface area contributed by atoms with Gasteiger partial charge in [0.05, 0.1) is 10.7 Å². The summed E-state index contributed by atoms with van der Waals surface area (Å²) in [6.07, 6.45) is 5.20. The van der Waals surface area contributed by atoms with Gasteiger partial charge in [-0.15, -0.1) is 6.42 Å². The Balaban J connectivity index is 2.56. The Kier molecular flexibility index (Phi) is 4.64. The van der Waals surface area contributed by atoms with Crippen LogP contribution in [0, 0.1) is 19.3 Å². The Morgan fingerprint density at radius 3 is 2.68 bits per heavy atom. The van der Waals surface area contributed by atoms with Gasteiger partial charge in [0.25, 0.3) is 0 Å². The number of nitrogens with zero attached hydrogens (tertiary/aromatic N) is 2. The minimum Gasteiger partial charge on any atom is -0.479 e. The predicted octanol–water partition coefficient (Wildman–Crippen LogP) is 3.57. The molecule has 1 heterocycles. The maximum absolute atomic E-state index is 12.3. The Morgan fingerprint density at radius 2 is 2.14 bits per heavy atom. The second kappa shape index (κ2) is 6.15. The maximum atomic E-state index is 12.3. The van der Waals surface area contributed by atoms with Crippen molar-refractivity contribution in [2.45, 2.75) is 33.1 Å². The summed E-state index contributed by atoms with van der Waals surface area (Å²) in [5.74, 6) is 2.83. The molecule has 0 saturated carbocycles. The van der Waals surface area contributed by atoms with Crippen molar-refractivity contribution in [3.8, 4) is 23.8 Å². The van der Waals surface area contributed by atoms with E-state index in [0.29, 0.717) is 16.5 Å². The van der Waals surface area contributed by atoms with Gasteiger partial charge in [0, 0.05) is 11.5 Å². The molecule has 116 valence electrons. The Bertz CT molecular complexity index is 794.